The number of aromatic nitrogens is 1. The lowest BCUT2D eigenvalue weighted by Gasteiger charge is -2.21. The summed E-state index contributed by atoms with van der Waals surface area (Å²) in [5.41, 5.74) is 9.47. The Morgan fingerprint density at radius 3 is 3.00 bits per heavy atom. The number of hydrogen-bond acceptors (Lipinski definition) is 3. The molecule has 2 N–H and O–H groups in total. The van der Waals surface area contributed by atoms with Crippen LogP contribution in [-0.4, -0.2) is 11.5 Å². The predicted molar refractivity (Wildman–Crippen MR) is 78.2 cm³/mol. The van der Waals surface area contributed by atoms with Crippen molar-refractivity contribution in [3.63, 3.8) is 0 Å². The van der Waals surface area contributed by atoms with Crippen LogP contribution in [-0.2, 0) is 6.42 Å². The van der Waals surface area contributed by atoms with Gasteiger partial charge in [0.25, 0.3) is 0 Å². The maximum atomic E-state index is 13.4. The second kappa shape index (κ2) is 4.49. The number of halogens is 2. The molecule has 19 heavy (non-hydrogen) atoms. The van der Waals surface area contributed by atoms with E-state index in [4.69, 9.17) is 5.73 Å². The van der Waals surface area contributed by atoms with E-state index in [1.807, 2.05) is 17.9 Å². The fourth-order valence-electron chi connectivity index (χ4n) is 2.34. The van der Waals surface area contributed by atoms with Crippen molar-refractivity contribution in [2.75, 3.05) is 17.2 Å². The first-order valence-corrected chi connectivity index (χ1v) is 6.84. The van der Waals surface area contributed by atoms with Gasteiger partial charge in [0.05, 0.1) is 16.4 Å². The second-order valence-electron chi connectivity index (χ2n) is 4.65. The van der Waals surface area contributed by atoms with Gasteiger partial charge < -0.3 is 10.6 Å². The number of benzene rings is 1. The van der Waals surface area contributed by atoms with Gasteiger partial charge in [0, 0.05) is 12.2 Å². The molecule has 0 saturated heterocycles. The number of pyridine rings is 1. The Hall–Kier alpha value is -1.62. The molecule has 0 unspecified atom stereocenters. The van der Waals surface area contributed by atoms with Crippen molar-refractivity contribution in [3.05, 3.63) is 45.8 Å². The van der Waals surface area contributed by atoms with Crippen molar-refractivity contribution in [1.29, 1.82) is 0 Å². The first-order chi connectivity index (χ1) is 9.08. The molecule has 0 bridgehead atoms. The minimum absolute atomic E-state index is 0.228. The molecule has 98 valence electrons. The third kappa shape index (κ3) is 1.98. The smallest absolute Gasteiger partial charge is 0.147 e. The lowest BCUT2D eigenvalue weighted by molar-refractivity contribution is 0.628. The summed E-state index contributed by atoms with van der Waals surface area (Å²) in [6.07, 6.45) is 2.54. The summed E-state index contributed by atoms with van der Waals surface area (Å²) in [5, 5.41) is 0. The number of nitrogen functional groups attached to an aromatic ring is 1. The fourth-order valence-corrected chi connectivity index (χ4v) is 2.88. The number of nitrogens with zero attached hydrogens (tertiary/aromatic N) is 2. The number of nitrogens with two attached hydrogens (primary N) is 1. The zero-order valence-corrected chi connectivity index (χ0v) is 12.0. The summed E-state index contributed by atoms with van der Waals surface area (Å²) in [6, 6.07) is 4.89. The Bertz CT molecular complexity index is 657. The molecule has 0 amide bonds. The maximum Gasteiger partial charge on any atom is 0.147 e. The molecule has 0 saturated carbocycles. The Morgan fingerprint density at radius 1 is 1.42 bits per heavy atom. The van der Waals surface area contributed by atoms with Crippen molar-refractivity contribution < 1.29 is 4.39 Å². The summed E-state index contributed by atoms with van der Waals surface area (Å²) in [5.74, 6) is 0.560. The van der Waals surface area contributed by atoms with Gasteiger partial charge in [-0.25, -0.2) is 9.37 Å². The Balaban J connectivity index is 2.12. The molecule has 3 nitrogen and oxygen atoms in total. The largest absolute Gasteiger partial charge is 0.397 e. The quantitative estimate of drug-likeness (QED) is 0.873. The van der Waals surface area contributed by atoms with Gasteiger partial charge in [0.1, 0.15) is 11.6 Å². The molecule has 1 aliphatic rings. The van der Waals surface area contributed by atoms with E-state index >= 15 is 0 Å². The van der Waals surface area contributed by atoms with Crippen LogP contribution < -0.4 is 10.6 Å². The van der Waals surface area contributed by atoms with E-state index in [0.717, 1.165) is 40.1 Å². The highest BCUT2D eigenvalue weighted by atomic mass is 79.9. The molecular formula is C14H13BrFN3. The first-order valence-electron chi connectivity index (χ1n) is 6.04. The highest BCUT2D eigenvalue weighted by Crippen LogP contribution is 2.39. The Kier molecular flexibility index (Phi) is 2.93. The minimum atomic E-state index is -0.228. The molecule has 0 fully saturated rings. The molecule has 2 heterocycles. The van der Waals surface area contributed by atoms with Crippen LogP contribution in [0.2, 0.25) is 0 Å². The zero-order valence-electron chi connectivity index (χ0n) is 10.5. The zero-order chi connectivity index (χ0) is 13.6. The van der Waals surface area contributed by atoms with E-state index < -0.39 is 0 Å². The van der Waals surface area contributed by atoms with Crippen molar-refractivity contribution in [3.8, 4) is 0 Å². The van der Waals surface area contributed by atoms with Crippen LogP contribution >= 0.6 is 15.9 Å². The van der Waals surface area contributed by atoms with Crippen molar-refractivity contribution >= 4 is 33.1 Å². The standard InChI is InChI=1S/C14H13BrFN3/c1-8-11(17)7-18-14(13(8)15)19-5-4-9-2-3-10(16)6-12(9)19/h2-3,6-7H,4-5,17H2,1H3. The number of fused-ring (bicyclic) bond motifs is 1. The van der Waals surface area contributed by atoms with Crippen LogP contribution in [0, 0.1) is 12.7 Å². The highest BCUT2D eigenvalue weighted by molar-refractivity contribution is 9.10. The van der Waals surface area contributed by atoms with E-state index in [2.05, 4.69) is 20.9 Å². The second-order valence-corrected chi connectivity index (χ2v) is 5.44. The van der Waals surface area contributed by atoms with Crippen LogP contribution in [0.5, 0.6) is 0 Å². The SMILES string of the molecule is Cc1c(N)cnc(N2CCc3ccc(F)cc32)c1Br. The summed E-state index contributed by atoms with van der Waals surface area (Å²) in [6.45, 7) is 2.74. The van der Waals surface area contributed by atoms with Gasteiger partial charge in [-0.05, 0) is 52.5 Å². The molecule has 2 aromatic rings. The molecule has 0 atom stereocenters. The highest BCUT2D eigenvalue weighted by Gasteiger charge is 2.24. The molecule has 0 aliphatic carbocycles. The molecular weight excluding hydrogens is 309 g/mol. The molecule has 0 spiro atoms. The Morgan fingerprint density at radius 2 is 2.21 bits per heavy atom. The average Bonchev–Trinajstić information content (AvgIpc) is 2.79. The van der Waals surface area contributed by atoms with E-state index in [0.29, 0.717) is 5.69 Å². The van der Waals surface area contributed by atoms with Gasteiger partial charge in [-0.2, -0.15) is 0 Å². The van der Waals surface area contributed by atoms with Crippen LogP contribution in [0.1, 0.15) is 11.1 Å². The summed E-state index contributed by atoms with van der Waals surface area (Å²) in [7, 11) is 0. The van der Waals surface area contributed by atoms with Crippen molar-refractivity contribution in [1.82, 2.24) is 4.98 Å². The molecule has 1 aromatic carbocycles. The topological polar surface area (TPSA) is 42.1 Å². The molecule has 5 heteroatoms. The van der Waals surface area contributed by atoms with Gasteiger partial charge in [0.15, 0.2) is 0 Å². The molecule has 3 rings (SSSR count). The van der Waals surface area contributed by atoms with Crippen LogP contribution in [0.3, 0.4) is 0 Å². The van der Waals surface area contributed by atoms with Crippen LogP contribution in [0.25, 0.3) is 0 Å². The monoisotopic (exact) mass is 321 g/mol. The van der Waals surface area contributed by atoms with Crippen molar-refractivity contribution in [2.24, 2.45) is 0 Å². The molecule has 1 aromatic heterocycles. The fraction of sp³-hybridized carbons (Fsp3) is 0.214. The maximum absolute atomic E-state index is 13.4. The lowest BCUT2D eigenvalue weighted by atomic mass is 10.1. The first kappa shape index (κ1) is 12.4. The van der Waals surface area contributed by atoms with Gasteiger partial charge >= 0.3 is 0 Å². The Labute approximate surface area is 119 Å². The summed E-state index contributed by atoms with van der Waals surface area (Å²) < 4.78 is 14.3. The lowest BCUT2D eigenvalue weighted by Crippen LogP contribution is -2.16. The summed E-state index contributed by atoms with van der Waals surface area (Å²) in [4.78, 5) is 6.40. The van der Waals surface area contributed by atoms with Gasteiger partial charge in [-0.3, -0.25) is 0 Å². The molecule has 1 aliphatic heterocycles. The summed E-state index contributed by atoms with van der Waals surface area (Å²) >= 11 is 3.53. The van der Waals surface area contributed by atoms with E-state index in [1.54, 1.807) is 12.3 Å². The minimum Gasteiger partial charge on any atom is -0.397 e. The average molecular weight is 322 g/mol. The van der Waals surface area contributed by atoms with Crippen molar-refractivity contribution in [2.45, 2.75) is 13.3 Å². The van der Waals surface area contributed by atoms with Crippen LogP contribution in [0.15, 0.2) is 28.9 Å². The van der Waals surface area contributed by atoms with Gasteiger partial charge in [-0.1, -0.05) is 6.07 Å². The third-order valence-corrected chi connectivity index (χ3v) is 4.43. The normalized spacial score (nSPS) is 13.7. The number of anilines is 3. The van der Waals surface area contributed by atoms with Gasteiger partial charge in [-0.15, -0.1) is 0 Å². The third-order valence-electron chi connectivity index (χ3n) is 3.48. The predicted octanol–water partition coefficient (Wildman–Crippen LogP) is 3.57. The number of rotatable bonds is 1. The van der Waals surface area contributed by atoms with E-state index in [-0.39, 0.29) is 5.82 Å². The van der Waals surface area contributed by atoms with E-state index in [9.17, 15) is 4.39 Å². The van der Waals surface area contributed by atoms with E-state index in [1.165, 1.54) is 6.07 Å². The van der Waals surface area contributed by atoms with Gasteiger partial charge in [0.2, 0.25) is 0 Å². The number of hydrogen-bond donors (Lipinski definition) is 1. The van der Waals surface area contributed by atoms with Crippen LogP contribution in [0.4, 0.5) is 21.6 Å². The molecule has 0 radical (unpaired) electrons.